The van der Waals surface area contributed by atoms with Gasteiger partial charge in [-0.15, -0.1) is 11.3 Å². The number of furan rings is 2. The Kier molecular flexibility index (Phi) is 6.05. The van der Waals surface area contributed by atoms with Crippen LogP contribution < -0.4 is 0 Å². The second-order valence-electron chi connectivity index (χ2n) is 12.7. The smallest absolute Gasteiger partial charge is 0.167 e. The van der Waals surface area contributed by atoms with Crippen molar-refractivity contribution >= 4 is 75.4 Å². The Morgan fingerprint density at radius 2 is 0.980 bits per heavy atom. The quantitative estimate of drug-likeness (QED) is 0.186. The van der Waals surface area contributed by atoms with Gasteiger partial charge >= 0.3 is 0 Å². The molecule has 0 atom stereocenters. The predicted molar refractivity (Wildman–Crippen MR) is 209 cm³/mol. The highest BCUT2D eigenvalue weighted by Gasteiger charge is 2.21. The molecule has 0 aliphatic heterocycles. The molecule has 11 aromatic rings. The summed E-state index contributed by atoms with van der Waals surface area (Å²) in [6.07, 6.45) is 0. The van der Waals surface area contributed by atoms with E-state index >= 15 is 0 Å². The van der Waals surface area contributed by atoms with Gasteiger partial charge in [-0.25, -0.2) is 15.0 Å². The van der Waals surface area contributed by atoms with Crippen molar-refractivity contribution in [1.29, 1.82) is 0 Å². The van der Waals surface area contributed by atoms with E-state index in [0.29, 0.717) is 17.5 Å². The van der Waals surface area contributed by atoms with E-state index < -0.39 is 0 Å². The van der Waals surface area contributed by atoms with Crippen molar-refractivity contribution in [2.24, 2.45) is 0 Å². The normalized spacial score (nSPS) is 11.9. The van der Waals surface area contributed by atoms with Crippen LogP contribution in [0.3, 0.4) is 0 Å². The Labute approximate surface area is 295 Å². The minimum absolute atomic E-state index is 0.560. The van der Waals surface area contributed by atoms with Gasteiger partial charge < -0.3 is 8.83 Å². The number of aromatic nitrogens is 3. The second-order valence-corrected chi connectivity index (χ2v) is 13.8. The Morgan fingerprint density at radius 1 is 0.373 bits per heavy atom. The standard InChI is InChI=1S/C45H25N3O2S/c1-2-11-26(12-3-1)43-46-44(34-18-10-22-39-40(34)33-14-5-7-21-38(33)51-39)48-45(47-43)35-19-9-17-32-31-16-8-15-28(41(31)50-42(32)35)27-23-24-30-29-13-4-6-20-36(29)49-37(30)25-27/h1-25H. The molecule has 0 saturated heterocycles. The van der Waals surface area contributed by atoms with E-state index in [1.807, 2.05) is 54.6 Å². The van der Waals surface area contributed by atoms with Crippen LogP contribution in [-0.4, -0.2) is 15.0 Å². The third kappa shape index (κ3) is 4.37. The first-order valence-electron chi connectivity index (χ1n) is 16.9. The van der Waals surface area contributed by atoms with Crippen molar-refractivity contribution < 1.29 is 8.83 Å². The molecule has 11 rings (SSSR count). The number of thiophene rings is 1. The van der Waals surface area contributed by atoms with Crippen LogP contribution in [0.15, 0.2) is 160 Å². The average Bonchev–Trinajstić information content (AvgIpc) is 3.89. The topological polar surface area (TPSA) is 65.0 Å². The number of rotatable bonds is 4. The molecule has 4 heterocycles. The van der Waals surface area contributed by atoms with E-state index in [9.17, 15) is 0 Å². The number of hydrogen-bond donors (Lipinski definition) is 0. The lowest BCUT2D eigenvalue weighted by molar-refractivity contribution is 0.668. The van der Waals surface area contributed by atoms with E-state index in [1.54, 1.807) is 11.3 Å². The molecule has 238 valence electrons. The fourth-order valence-corrected chi connectivity index (χ4v) is 8.54. The minimum atomic E-state index is 0.560. The van der Waals surface area contributed by atoms with E-state index in [-0.39, 0.29) is 0 Å². The molecule has 51 heavy (non-hydrogen) atoms. The van der Waals surface area contributed by atoms with Crippen LogP contribution in [0.4, 0.5) is 0 Å². The highest BCUT2D eigenvalue weighted by Crippen LogP contribution is 2.42. The van der Waals surface area contributed by atoms with Gasteiger partial charge in [0.2, 0.25) is 0 Å². The van der Waals surface area contributed by atoms with Gasteiger partial charge in [0.15, 0.2) is 17.5 Å². The van der Waals surface area contributed by atoms with Gasteiger partial charge in [-0.3, -0.25) is 0 Å². The fraction of sp³-hybridized carbons (Fsp3) is 0. The van der Waals surface area contributed by atoms with Gasteiger partial charge in [-0.2, -0.15) is 0 Å². The molecule has 5 nitrogen and oxygen atoms in total. The molecule has 0 unspecified atom stereocenters. The highest BCUT2D eigenvalue weighted by molar-refractivity contribution is 7.25. The lowest BCUT2D eigenvalue weighted by Crippen LogP contribution is -2.00. The molecule has 0 saturated carbocycles. The summed E-state index contributed by atoms with van der Waals surface area (Å²) >= 11 is 1.78. The Balaban J connectivity index is 1.13. The van der Waals surface area contributed by atoms with Crippen LogP contribution in [0.25, 0.3) is 109 Å². The largest absolute Gasteiger partial charge is 0.456 e. The van der Waals surface area contributed by atoms with Gasteiger partial charge in [0.25, 0.3) is 0 Å². The number of para-hydroxylation sites is 3. The van der Waals surface area contributed by atoms with Crippen molar-refractivity contribution in [3.63, 3.8) is 0 Å². The van der Waals surface area contributed by atoms with Crippen LogP contribution in [-0.2, 0) is 0 Å². The molecule has 0 aliphatic rings. The molecular formula is C45H25N3O2S. The Morgan fingerprint density at radius 3 is 1.84 bits per heavy atom. The molecule has 0 aliphatic carbocycles. The van der Waals surface area contributed by atoms with Crippen molar-refractivity contribution in [1.82, 2.24) is 15.0 Å². The lowest BCUT2D eigenvalue weighted by Gasteiger charge is -2.10. The predicted octanol–water partition coefficient (Wildman–Crippen LogP) is 12.7. The summed E-state index contributed by atoms with van der Waals surface area (Å²) in [5.41, 5.74) is 8.00. The van der Waals surface area contributed by atoms with Crippen molar-refractivity contribution in [2.75, 3.05) is 0 Å². The Bertz CT molecular complexity index is 3160. The minimum Gasteiger partial charge on any atom is -0.456 e. The summed E-state index contributed by atoms with van der Waals surface area (Å²) < 4.78 is 15.6. The van der Waals surface area contributed by atoms with Crippen LogP contribution >= 0.6 is 11.3 Å². The van der Waals surface area contributed by atoms with Crippen molar-refractivity contribution in [2.45, 2.75) is 0 Å². The fourth-order valence-electron chi connectivity index (χ4n) is 7.41. The SMILES string of the molecule is c1ccc(-c2nc(-c3cccc4c3oc3c(-c5ccc6c(c5)oc5ccccc56)cccc34)nc(-c3cccc4sc5ccccc5c34)n2)cc1. The molecule has 0 N–H and O–H groups in total. The van der Waals surface area contributed by atoms with Gasteiger partial charge in [-0.1, -0.05) is 115 Å². The molecule has 4 aromatic heterocycles. The maximum absolute atomic E-state index is 6.87. The van der Waals surface area contributed by atoms with E-state index in [2.05, 4.69) is 97.1 Å². The molecular weight excluding hydrogens is 647 g/mol. The molecule has 7 aromatic carbocycles. The summed E-state index contributed by atoms with van der Waals surface area (Å²) in [5.74, 6) is 1.80. The summed E-state index contributed by atoms with van der Waals surface area (Å²) in [7, 11) is 0. The van der Waals surface area contributed by atoms with Crippen molar-refractivity contribution in [3.05, 3.63) is 152 Å². The number of benzene rings is 7. The van der Waals surface area contributed by atoms with E-state index in [0.717, 1.165) is 77.1 Å². The van der Waals surface area contributed by atoms with Crippen LogP contribution in [0, 0.1) is 0 Å². The zero-order chi connectivity index (χ0) is 33.5. The first kappa shape index (κ1) is 28.2. The maximum Gasteiger partial charge on any atom is 0.167 e. The first-order valence-corrected chi connectivity index (χ1v) is 17.7. The van der Waals surface area contributed by atoms with Crippen LogP contribution in [0.5, 0.6) is 0 Å². The average molecular weight is 672 g/mol. The molecule has 0 amide bonds. The van der Waals surface area contributed by atoms with Gasteiger partial charge in [-0.05, 0) is 42.0 Å². The zero-order valence-corrected chi connectivity index (χ0v) is 27.8. The third-order valence-corrected chi connectivity index (χ3v) is 10.9. The van der Waals surface area contributed by atoms with Gasteiger partial charge in [0.05, 0.1) is 5.56 Å². The number of fused-ring (bicyclic) bond motifs is 9. The zero-order valence-electron chi connectivity index (χ0n) is 27.0. The van der Waals surface area contributed by atoms with Crippen LogP contribution in [0.2, 0.25) is 0 Å². The number of nitrogens with zero attached hydrogens (tertiary/aromatic N) is 3. The maximum atomic E-state index is 6.87. The number of hydrogen-bond acceptors (Lipinski definition) is 6. The summed E-state index contributed by atoms with van der Waals surface area (Å²) in [6.45, 7) is 0. The summed E-state index contributed by atoms with van der Waals surface area (Å²) in [4.78, 5) is 15.4. The van der Waals surface area contributed by atoms with Crippen LogP contribution in [0.1, 0.15) is 0 Å². The van der Waals surface area contributed by atoms with E-state index in [4.69, 9.17) is 23.8 Å². The lowest BCUT2D eigenvalue weighted by atomic mass is 10.0. The molecule has 0 spiro atoms. The monoisotopic (exact) mass is 671 g/mol. The Hall–Kier alpha value is -6.63. The molecule has 0 radical (unpaired) electrons. The third-order valence-electron chi connectivity index (χ3n) is 9.77. The molecule has 0 bridgehead atoms. The summed E-state index contributed by atoms with van der Waals surface area (Å²) in [6, 6.07) is 52.0. The highest BCUT2D eigenvalue weighted by atomic mass is 32.1. The van der Waals surface area contributed by atoms with Crippen molar-refractivity contribution in [3.8, 4) is 45.3 Å². The molecule has 0 fully saturated rings. The second kappa shape index (κ2) is 10.9. The van der Waals surface area contributed by atoms with Gasteiger partial charge in [0, 0.05) is 58.4 Å². The first-order chi connectivity index (χ1) is 25.3. The van der Waals surface area contributed by atoms with Gasteiger partial charge in [0.1, 0.15) is 22.3 Å². The summed E-state index contributed by atoms with van der Waals surface area (Å²) in [5, 5.41) is 6.59. The van der Waals surface area contributed by atoms with E-state index in [1.165, 1.54) is 14.8 Å². The molecule has 6 heteroatoms.